The maximum Gasteiger partial charge on any atom is 0.242 e. The molecule has 120 valence electrons. The van der Waals surface area contributed by atoms with Gasteiger partial charge in [0.05, 0.1) is 25.4 Å². The van der Waals surface area contributed by atoms with E-state index in [1.807, 2.05) is 11.8 Å². The van der Waals surface area contributed by atoms with Gasteiger partial charge in [0.2, 0.25) is 5.91 Å². The Labute approximate surface area is 125 Å². The van der Waals surface area contributed by atoms with Crippen molar-refractivity contribution < 1.29 is 19.4 Å². The SMILES string of the molecule is CCO[C@@H]1C[C@H](O)C12CCN(C(=O)[C@H]1COCCN1)CC2. The number of carbonyl (C=O) groups excluding carboxylic acids is 1. The molecule has 0 aromatic rings. The van der Waals surface area contributed by atoms with Gasteiger partial charge in [-0.2, -0.15) is 0 Å². The number of ether oxygens (including phenoxy) is 2. The number of piperidine rings is 1. The standard InChI is InChI=1S/C15H26N2O4/c1-2-21-13-9-12(18)15(13)3-6-17(7-4-15)14(19)11-10-20-8-5-16-11/h11-13,16,18H,2-10H2,1H3/t11-,12+,13-/m1/s1. The van der Waals surface area contributed by atoms with Crippen LogP contribution in [0.5, 0.6) is 0 Å². The van der Waals surface area contributed by atoms with Crippen LogP contribution in [-0.2, 0) is 14.3 Å². The number of aliphatic hydroxyl groups is 1. The van der Waals surface area contributed by atoms with Crippen LogP contribution in [-0.4, -0.2) is 73.6 Å². The van der Waals surface area contributed by atoms with Crippen molar-refractivity contribution in [1.82, 2.24) is 10.2 Å². The van der Waals surface area contributed by atoms with Crippen molar-refractivity contribution in [3.05, 3.63) is 0 Å². The van der Waals surface area contributed by atoms with Crippen molar-refractivity contribution in [3.8, 4) is 0 Å². The number of nitrogens with one attached hydrogen (secondary N) is 1. The van der Waals surface area contributed by atoms with Gasteiger partial charge in [0.1, 0.15) is 6.04 Å². The number of hydrogen-bond donors (Lipinski definition) is 2. The van der Waals surface area contributed by atoms with E-state index < -0.39 is 0 Å². The van der Waals surface area contributed by atoms with Crippen LogP contribution in [0, 0.1) is 5.41 Å². The average Bonchev–Trinajstić information content (AvgIpc) is 2.55. The first-order valence-corrected chi connectivity index (χ1v) is 8.07. The number of nitrogens with zero attached hydrogens (tertiary/aromatic N) is 1. The minimum atomic E-state index is -0.276. The first kappa shape index (κ1) is 15.2. The van der Waals surface area contributed by atoms with E-state index in [9.17, 15) is 9.90 Å². The van der Waals surface area contributed by atoms with Crippen LogP contribution < -0.4 is 5.32 Å². The molecule has 2 saturated heterocycles. The molecule has 3 atom stereocenters. The molecule has 1 spiro atoms. The molecule has 0 bridgehead atoms. The molecular weight excluding hydrogens is 272 g/mol. The van der Waals surface area contributed by atoms with Crippen molar-refractivity contribution in [3.63, 3.8) is 0 Å². The second-order valence-corrected chi connectivity index (χ2v) is 6.34. The van der Waals surface area contributed by atoms with Crippen LogP contribution in [0.1, 0.15) is 26.2 Å². The highest BCUT2D eigenvalue weighted by Crippen LogP contribution is 2.50. The van der Waals surface area contributed by atoms with E-state index in [1.54, 1.807) is 0 Å². The molecule has 0 unspecified atom stereocenters. The van der Waals surface area contributed by atoms with Crippen LogP contribution in [0.15, 0.2) is 0 Å². The predicted molar refractivity (Wildman–Crippen MR) is 76.9 cm³/mol. The zero-order valence-electron chi connectivity index (χ0n) is 12.7. The van der Waals surface area contributed by atoms with Crippen molar-refractivity contribution in [2.45, 2.75) is 44.4 Å². The maximum atomic E-state index is 12.4. The van der Waals surface area contributed by atoms with E-state index >= 15 is 0 Å². The maximum absolute atomic E-state index is 12.4. The number of rotatable bonds is 3. The van der Waals surface area contributed by atoms with Crippen LogP contribution in [0.2, 0.25) is 0 Å². The molecule has 1 amide bonds. The minimum Gasteiger partial charge on any atom is -0.392 e. The molecule has 3 fully saturated rings. The van der Waals surface area contributed by atoms with E-state index in [0.717, 1.165) is 25.8 Å². The number of hydrogen-bond acceptors (Lipinski definition) is 5. The quantitative estimate of drug-likeness (QED) is 0.752. The fourth-order valence-electron chi connectivity index (χ4n) is 3.90. The molecule has 3 aliphatic rings. The van der Waals surface area contributed by atoms with Gasteiger partial charge in [-0.05, 0) is 19.8 Å². The molecule has 21 heavy (non-hydrogen) atoms. The molecule has 0 aromatic heterocycles. The summed E-state index contributed by atoms with van der Waals surface area (Å²) in [6.45, 7) is 5.96. The average molecular weight is 298 g/mol. The second-order valence-electron chi connectivity index (χ2n) is 6.34. The van der Waals surface area contributed by atoms with Gasteiger partial charge in [-0.15, -0.1) is 0 Å². The lowest BCUT2D eigenvalue weighted by atomic mass is 9.58. The fourth-order valence-corrected chi connectivity index (χ4v) is 3.90. The number of morpholine rings is 1. The summed E-state index contributed by atoms with van der Waals surface area (Å²) in [5.41, 5.74) is -0.122. The van der Waals surface area contributed by atoms with E-state index in [-0.39, 0.29) is 29.6 Å². The van der Waals surface area contributed by atoms with Gasteiger partial charge in [-0.3, -0.25) is 4.79 Å². The second kappa shape index (κ2) is 6.20. The summed E-state index contributed by atoms with van der Waals surface area (Å²) < 4.78 is 11.1. The van der Waals surface area contributed by atoms with Crippen molar-refractivity contribution >= 4 is 5.91 Å². The molecule has 6 nitrogen and oxygen atoms in total. The van der Waals surface area contributed by atoms with Gasteiger partial charge in [0.15, 0.2) is 0 Å². The zero-order valence-corrected chi connectivity index (χ0v) is 12.7. The lowest BCUT2D eigenvalue weighted by Gasteiger charge is -2.56. The molecular formula is C15H26N2O4. The monoisotopic (exact) mass is 298 g/mol. The molecule has 1 aliphatic carbocycles. The Morgan fingerprint density at radius 1 is 1.48 bits per heavy atom. The molecule has 6 heteroatoms. The van der Waals surface area contributed by atoms with Crippen LogP contribution in [0.25, 0.3) is 0 Å². The Bertz CT molecular complexity index is 374. The van der Waals surface area contributed by atoms with Gasteiger partial charge in [0, 0.05) is 38.1 Å². The van der Waals surface area contributed by atoms with E-state index in [0.29, 0.717) is 32.9 Å². The van der Waals surface area contributed by atoms with Crippen molar-refractivity contribution in [2.24, 2.45) is 5.41 Å². The molecule has 2 N–H and O–H groups in total. The highest BCUT2D eigenvalue weighted by molar-refractivity contribution is 5.82. The Balaban J connectivity index is 1.56. The first-order chi connectivity index (χ1) is 10.2. The van der Waals surface area contributed by atoms with Gasteiger partial charge >= 0.3 is 0 Å². The third-order valence-corrected chi connectivity index (χ3v) is 5.34. The van der Waals surface area contributed by atoms with Crippen molar-refractivity contribution in [2.75, 3.05) is 39.5 Å². The van der Waals surface area contributed by atoms with Crippen LogP contribution in [0.4, 0.5) is 0 Å². The molecule has 3 rings (SSSR count). The summed E-state index contributed by atoms with van der Waals surface area (Å²) in [6, 6.07) is -0.207. The summed E-state index contributed by atoms with van der Waals surface area (Å²) in [7, 11) is 0. The smallest absolute Gasteiger partial charge is 0.242 e. The van der Waals surface area contributed by atoms with Crippen LogP contribution >= 0.6 is 0 Å². The summed E-state index contributed by atoms with van der Waals surface area (Å²) in [5.74, 6) is 0.131. The third-order valence-electron chi connectivity index (χ3n) is 5.34. The molecule has 1 saturated carbocycles. The lowest BCUT2D eigenvalue weighted by molar-refractivity contribution is -0.210. The summed E-state index contributed by atoms with van der Waals surface area (Å²) in [6.07, 6.45) is 2.28. The Morgan fingerprint density at radius 2 is 2.24 bits per heavy atom. The summed E-state index contributed by atoms with van der Waals surface area (Å²) in [4.78, 5) is 14.4. The van der Waals surface area contributed by atoms with Gasteiger partial charge < -0.3 is 24.8 Å². The number of amides is 1. The number of likely N-dealkylation sites (tertiary alicyclic amines) is 1. The van der Waals surface area contributed by atoms with Crippen LogP contribution in [0.3, 0.4) is 0 Å². The number of aliphatic hydroxyl groups excluding tert-OH is 1. The summed E-state index contributed by atoms with van der Waals surface area (Å²) >= 11 is 0. The fraction of sp³-hybridized carbons (Fsp3) is 0.933. The van der Waals surface area contributed by atoms with Crippen molar-refractivity contribution in [1.29, 1.82) is 0 Å². The Hall–Kier alpha value is -0.690. The normalized spacial score (nSPS) is 35.5. The minimum absolute atomic E-state index is 0.122. The van der Waals surface area contributed by atoms with E-state index in [1.165, 1.54) is 0 Å². The first-order valence-electron chi connectivity index (χ1n) is 8.07. The van der Waals surface area contributed by atoms with Gasteiger partial charge in [-0.25, -0.2) is 0 Å². The molecule has 2 aliphatic heterocycles. The topological polar surface area (TPSA) is 71.0 Å². The molecule has 2 heterocycles. The zero-order chi connectivity index (χ0) is 14.9. The highest BCUT2D eigenvalue weighted by Gasteiger charge is 2.56. The van der Waals surface area contributed by atoms with E-state index in [4.69, 9.17) is 9.47 Å². The van der Waals surface area contributed by atoms with Gasteiger partial charge in [0.25, 0.3) is 0 Å². The lowest BCUT2D eigenvalue weighted by Crippen LogP contribution is -2.64. The van der Waals surface area contributed by atoms with E-state index in [2.05, 4.69) is 5.32 Å². The summed E-state index contributed by atoms with van der Waals surface area (Å²) in [5, 5.41) is 13.4. The molecule has 0 aromatic carbocycles. The Kier molecular flexibility index (Phi) is 4.49. The molecule has 0 radical (unpaired) electrons. The predicted octanol–water partition coefficient (Wildman–Crippen LogP) is -0.247. The highest BCUT2D eigenvalue weighted by atomic mass is 16.5. The Morgan fingerprint density at radius 3 is 2.81 bits per heavy atom. The number of carbonyl (C=O) groups is 1. The largest absolute Gasteiger partial charge is 0.392 e. The van der Waals surface area contributed by atoms with Gasteiger partial charge in [-0.1, -0.05) is 0 Å². The third kappa shape index (κ3) is 2.70.